The lowest BCUT2D eigenvalue weighted by Gasteiger charge is -2.24. The Bertz CT molecular complexity index is 292. The van der Waals surface area contributed by atoms with Crippen LogP contribution in [-0.4, -0.2) is 16.9 Å². The molecule has 0 amide bonds. The molecule has 2 bridgehead atoms. The lowest BCUT2D eigenvalue weighted by Crippen LogP contribution is -2.32. The standard InChI is InChI=1S/C9H10O3/c1-9(8(11)12)4-5-2-3-6(9)7(5)10/h2-3,5-6H,4H2,1H3,(H,11,12). The van der Waals surface area contributed by atoms with E-state index in [1.807, 2.05) is 6.08 Å². The lowest BCUT2D eigenvalue weighted by atomic mass is 9.78. The van der Waals surface area contributed by atoms with Crippen LogP contribution < -0.4 is 0 Å². The van der Waals surface area contributed by atoms with E-state index in [1.54, 1.807) is 13.0 Å². The zero-order valence-electron chi connectivity index (χ0n) is 6.78. The smallest absolute Gasteiger partial charge is 0.310 e. The maximum absolute atomic E-state index is 11.4. The first-order chi connectivity index (χ1) is 5.55. The molecule has 3 unspecified atom stereocenters. The quantitative estimate of drug-likeness (QED) is 0.587. The van der Waals surface area contributed by atoms with E-state index in [-0.39, 0.29) is 17.6 Å². The fourth-order valence-electron chi connectivity index (χ4n) is 2.16. The van der Waals surface area contributed by atoms with Crippen molar-refractivity contribution in [1.29, 1.82) is 0 Å². The van der Waals surface area contributed by atoms with Gasteiger partial charge >= 0.3 is 5.97 Å². The van der Waals surface area contributed by atoms with Crippen molar-refractivity contribution in [2.24, 2.45) is 17.3 Å². The number of carboxylic acids is 1. The molecular formula is C9H10O3. The highest BCUT2D eigenvalue weighted by atomic mass is 16.4. The summed E-state index contributed by atoms with van der Waals surface area (Å²) in [5.74, 6) is -1.27. The van der Waals surface area contributed by atoms with Gasteiger partial charge in [-0.3, -0.25) is 9.59 Å². The van der Waals surface area contributed by atoms with Crippen LogP contribution in [0.3, 0.4) is 0 Å². The second kappa shape index (κ2) is 1.97. The normalized spacial score (nSPS) is 43.9. The highest BCUT2D eigenvalue weighted by Gasteiger charge is 2.55. The molecule has 12 heavy (non-hydrogen) atoms. The maximum Gasteiger partial charge on any atom is 0.310 e. The summed E-state index contributed by atoms with van der Waals surface area (Å²) >= 11 is 0. The summed E-state index contributed by atoms with van der Waals surface area (Å²) in [6.45, 7) is 1.65. The van der Waals surface area contributed by atoms with Crippen LogP contribution in [0, 0.1) is 17.3 Å². The number of aliphatic carboxylic acids is 1. The first-order valence-electron chi connectivity index (χ1n) is 4.01. The fourth-order valence-corrected chi connectivity index (χ4v) is 2.16. The van der Waals surface area contributed by atoms with Crippen LogP contribution in [-0.2, 0) is 9.59 Å². The minimum Gasteiger partial charge on any atom is -0.481 e. The molecule has 1 N–H and O–H groups in total. The molecular weight excluding hydrogens is 156 g/mol. The van der Waals surface area contributed by atoms with Gasteiger partial charge < -0.3 is 5.11 Å². The predicted octanol–water partition coefficient (Wildman–Crippen LogP) is 0.852. The Morgan fingerprint density at radius 2 is 2.33 bits per heavy atom. The SMILES string of the molecule is CC1(C(=O)O)CC2C=CC1C2=O. The van der Waals surface area contributed by atoms with Crippen molar-refractivity contribution in [2.75, 3.05) is 0 Å². The molecule has 64 valence electrons. The van der Waals surface area contributed by atoms with Crippen LogP contribution in [0.2, 0.25) is 0 Å². The number of allylic oxidation sites excluding steroid dienone is 2. The fraction of sp³-hybridized carbons (Fsp3) is 0.556. The number of fused-ring (bicyclic) bond motifs is 2. The molecule has 0 aromatic heterocycles. The zero-order valence-corrected chi connectivity index (χ0v) is 6.78. The van der Waals surface area contributed by atoms with E-state index in [4.69, 9.17) is 5.11 Å². The number of carbonyl (C=O) groups is 2. The Morgan fingerprint density at radius 1 is 1.67 bits per heavy atom. The molecule has 0 heterocycles. The summed E-state index contributed by atoms with van der Waals surface area (Å²) < 4.78 is 0. The van der Waals surface area contributed by atoms with Crippen molar-refractivity contribution in [1.82, 2.24) is 0 Å². The van der Waals surface area contributed by atoms with Gasteiger partial charge in [-0.2, -0.15) is 0 Å². The zero-order chi connectivity index (χ0) is 8.93. The second-order valence-electron chi connectivity index (χ2n) is 3.80. The average molecular weight is 166 g/mol. The van der Waals surface area contributed by atoms with Gasteiger partial charge in [-0.05, 0) is 13.3 Å². The summed E-state index contributed by atoms with van der Waals surface area (Å²) in [6.07, 6.45) is 4.05. The van der Waals surface area contributed by atoms with Gasteiger partial charge in [-0.15, -0.1) is 0 Å². The lowest BCUT2D eigenvalue weighted by molar-refractivity contribution is -0.150. The second-order valence-corrected chi connectivity index (χ2v) is 3.80. The molecule has 0 radical (unpaired) electrons. The summed E-state index contributed by atoms with van der Waals surface area (Å²) in [5, 5.41) is 8.93. The van der Waals surface area contributed by atoms with Crippen LogP contribution in [0.15, 0.2) is 12.2 Å². The van der Waals surface area contributed by atoms with Crippen LogP contribution in [0.5, 0.6) is 0 Å². The molecule has 3 nitrogen and oxygen atoms in total. The van der Waals surface area contributed by atoms with E-state index in [2.05, 4.69) is 0 Å². The highest BCUT2D eigenvalue weighted by molar-refractivity contribution is 5.98. The number of hydrogen-bond acceptors (Lipinski definition) is 2. The van der Waals surface area contributed by atoms with Gasteiger partial charge in [0.2, 0.25) is 0 Å². The largest absolute Gasteiger partial charge is 0.481 e. The van der Waals surface area contributed by atoms with Crippen LogP contribution >= 0.6 is 0 Å². The van der Waals surface area contributed by atoms with Gasteiger partial charge in [0.25, 0.3) is 0 Å². The van der Waals surface area contributed by atoms with Crippen LogP contribution in [0.4, 0.5) is 0 Å². The van der Waals surface area contributed by atoms with Crippen molar-refractivity contribution in [3.05, 3.63) is 12.2 Å². The van der Waals surface area contributed by atoms with Crippen molar-refractivity contribution in [3.63, 3.8) is 0 Å². The maximum atomic E-state index is 11.4. The van der Waals surface area contributed by atoms with Crippen molar-refractivity contribution < 1.29 is 14.7 Å². The van der Waals surface area contributed by atoms with Crippen molar-refractivity contribution in [3.8, 4) is 0 Å². The Kier molecular flexibility index (Phi) is 1.24. The Hall–Kier alpha value is -1.12. The molecule has 3 heteroatoms. The minimum atomic E-state index is -0.854. The topological polar surface area (TPSA) is 54.4 Å². The van der Waals surface area contributed by atoms with E-state index in [9.17, 15) is 9.59 Å². The molecule has 0 aromatic carbocycles. The van der Waals surface area contributed by atoms with E-state index in [0.29, 0.717) is 6.42 Å². The molecule has 2 aliphatic rings. The molecule has 3 atom stereocenters. The molecule has 0 aromatic rings. The average Bonchev–Trinajstić information content (AvgIpc) is 2.44. The Labute approximate surface area is 70.1 Å². The molecule has 2 rings (SSSR count). The third kappa shape index (κ3) is 0.661. The third-order valence-electron chi connectivity index (χ3n) is 3.03. The molecule has 0 aliphatic heterocycles. The number of Topliss-reactive ketones (excluding diaryl/α,β-unsaturated/α-hetero) is 1. The third-order valence-corrected chi connectivity index (χ3v) is 3.03. The molecule has 1 saturated carbocycles. The van der Waals surface area contributed by atoms with Crippen molar-refractivity contribution >= 4 is 11.8 Å². The number of ketones is 1. The van der Waals surface area contributed by atoms with Crippen molar-refractivity contribution in [2.45, 2.75) is 13.3 Å². The van der Waals surface area contributed by atoms with Gasteiger partial charge in [-0.25, -0.2) is 0 Å². The predicted molar refractivity (Wildman–Crippen MR) is 41.5 cm³/mol. The summed E-state index contributed by atoms with van der Waals surface area (Å²) in [7, 11) is 0. The number of carbonyl (C=O) groups excluding carboxylic acids is 1. The van der Waals surface area contributed by atoms with Crippen LogP contribution in [0.25, 0.3) is 0 Å². The van der Waals surface area contributed by atoms with E-state index < -0.39 is 11.4 Å². The number of carboxylic acid groups (broad SMARTS) is 1. The van der Waals surface area contributed by atoms with Gasteiger partial charge in [0.05, 0.1) is 11.3 Å². The minimum absolute atomic E-state index is 0.0832. The number of hydrogen-bond donors (Lipinski definition) is 1. The first kappa shape index (κ1) is 7.53. The molecule has 1 fully saturated rings. The van der Waals surface area contributed by atoms with Gasteiger partial charge in [0.15, 0.2) is 0 Å². The van der Waals surface area contributed by atoms with Gasteiger partial charge in [-0.1, -0.05) is 12.2 Å². The van der Waals surface area contributed by atoms with E-state index >= 15 is 0 Å². The van der Waals surface area contributed by atoms with Gasteiger partial charge in [0.1, 0.15) is 5.78 Å². The Balaban J connectivity index is 2.41. The molecule has 2 aliphatic carbocycles. The highest BCUT2D eigenvalue weighted by Crippen LogP contribution is 2.49. The van der Waals surface area contributed by atoms with Gasteiger partial charge in [0, 0.05) is 5.92 Å². The summed E-state index contributed by atoms with van der Waals surface area (Å²) in [5.41, 5.74) is -0.837. The molecule has 0 saturated heterocycles. The molecule has 0 spiro atoms. The van der Waals surface area contributed by atoms with Crippen LogP contribution in [0.1, 0.15) is 13.3 Å². The Morgan fingerprint density at radius 3 is 2.58 bits per heavy atom. The summed E-state index contributed by atoms with van der Waals surface area (Å²) in [4.78, 5) is 22.2. The first-order valence-corrected chi connectivity index (χ1v) is 4.01. The van der Waals surface area contributed by atoms with E-state index in [0.717, 1.165) is 0 Å². The van der Waals surface area contributed by atoms with E-state index in [1.165, 1.54) is 0 Å². The number of rotatable bonds is 1. The summed E-state index contributed by atoms with van der Waals surface area (Å²) in [6, 6.07) is 0. The monoisotopic (exact) mass is 166 g/mol.